The number of carbonyl (C=O) groups excluding carboxylic acids is 1. The summed E-state index contributed by atoms with van der Waals surface area (Å²) in [6.45, 7) is 0. The molecule has 0 fully saturated rings. The van der Waals surface area contributed by atoms with Crippen molar-refractivity contribution in [2.24, 2.45) is 5.73 Å². The zero-order valence-electron chi connectivity index (χ0n) is 17.4. The van der Waals surface area contributed by atoms with Gasteiger partial charge in [-0.3, -0.25) is 9.69 Å². The monoisotopic (exact) mass is 422 g/mol. The summed E-state index contributed by atoms with van der Waals surface area (Å²) < 4.78 is 16.4. The van der Waals surface area contributed by atoms with Crippen molar-refractivity contribution in [2.75, 3.05) is 26.2 Å². The standard InChI is InChI=1S/C21H22N6O4/c1-29-15-7-11(8-16(30-2)19(15)31-3)17-12(9-22)20(23)27(21-24-10-25-26-21)13-5-4-6-14(28)18(13)17/h7-8,10,17H,4-6,23H2,1-3H3,(H,24,25,26)/t17-/m0/s1. The molecule has 0 amide bonds. The second-order valence-corrected chi connectivity index (χ2v) is 7.08. The number of Topliss-reactive ketones (excluding diaryl/α,β-unsaturated/α-hetero) is 1. The molecule has 2 aromatic rings. The van der Waals surface area contributed by atoms with Crippen LogP contribution in [-0.4, -0.2) is 42.3 Å². The number of benzene rings is 1. The van der Waals surface area contributed by atoms with Crippen molar-refractivity contribution in [1.82, 2.24) is 15.2 Å². The summed E-state index contributed by atoms with van der Waals surface area (Å²) in [6.07, 6.45) is 3.04. The highest BCUT2D eigenvalue weighted by Gasteiger charge is 2.41. The first-order valence-electron chi connectivity index (χ1n) is 9.67. The molecule has 0 spiro atoms. The molecular formula is C21H22N6O4. The van der Waals surface area contributed by atoms with E-state index in [4.69, 9.17) is 19.9 Å². The number of nitrogens with one attached hydrogen (secondary N) is 1. The molecule has 3 N–H and O–H groups in total. The summed E-state index contributed by atoms with van der Waals surface area (Å²) in [5.41, 5.74) is 8.58. The van der Waals surface area contributed by atoms with E-state index in [-0.39, 0.29) is 17.2 Å². The third-order valence-corrected chi connectivity index (χ3v) is 5.55. The molecule has 1 atom stereocenters. The van der Waals surface area contributed by atoms with Crippen LogP contribution in [0.1, 0.15) is 30.7 Å². The lowest BCUT2D eigenvalue weighted by Gasteiger charge is -2.38. The smallest absolute Gasteiger partial charge is 0.231 e. The van der Waals surface area contributed by atoms with Gasteiger partial charge in [-0.25, -0.2) is 5.10 Å². The number of nitrogens with zero attached hydrogens (tertiary/aromatic N) is 4. The van der Waals surface area contributed by atoms with Crippen LogP contribution in [0.2, 0.25) is 0 Å². The fourth-order valence-electron chi connectivity index (χ4n) is 4.24. The maximum Gasteiger partial charge on any atom is 0.231 e. The molecule has 4 rings (SSSR count). The number of H-pyrrole nitrogens is 1. The minimum atomic E-state index is -0.666. The molecule has 31 heavy (non-hydrogen) atoms. The van der Waals surface area contributed by atoms with Crippen LogP contribution in [0, 0.1) is 11.3 Å². The number of aromatic nitrogens is 3. The van der Waals surface area contributed by atoms with E-state index in [1.165, 1.54) is 27.7 Å². The van der Waals surface area contributed by atoms with E-state index in [2.05, 4.69) is 21.3 Å². The van der Waals surface area contributed by atoms with Crippen molar-refractivity contribution in [2.45, 2.75) is 25.2 Å². The van der Waals surface area contributed by atoms with Crippen LogP contribution in [-0.2, 0) is 4.79 Å². The average molecular weight is 422 g/mol. The van der Waals surface area contributed by atoms with Gasteiger partial charge in [-0.2, -0.15) is 15.3 Å². The number of ether oxygens (including phenoxy) is 3. The second-order valence-electron chi connectivity index (χ2n) is 7.08. The van der Waals surface area contributed by atoms with Gasteiger partial charge in [-0.1, -0.05) is 0 Å². The summed E-state index contributed by atoms with van der Waals surface area (Å²) in [5, 5.41) is 16.7. The minimum Gasteiger partial charge on any atom is -0.493 e. The lowest BCUT2D eigenvalue weighted by molar-refractivity contribution is -0.116. The van der Waals surface area contributed by atoms with Crippen molar-refractivity contribution in [1.29, 1.82) is 5.26 Å². The van der Waals surface area contributed by atoms with E-state index >= 15 is 0 Å². The summed E-state index contributed by atoms with van der Waals surface area (Å²) in [6, 6.07) is 5.69. The number of nitrogens with two attached hydrogens (primary N) is 1. The van der Waals surface area contributed by atoms with Crippen LogP contribution in [0.3, 0.4) is 0 Å². The van der Waals surface area contributed by atoms with E-state index < -0.39 is 5.92 Å². The van der Waals surface area contributed by atoms with Gasteiger partial charge in [0, 0.05) is 17.7 Å². The highest BCUT2D eigenvalue weighted by Crippen LogP contribution is 2.48. The Kier molecular flexibility index (Phi) is 5.25. The number of hydrogen-bond donors (Lipinski definition) is 2. The van der Waals surface area contributed by atoms with Gasteiger partial charge in [0.05, 0.1) is 38.9 Å². The Labute approximate surface area is 178 Å². The van der Waals surface area contributed by atoms with Gasteiger partial charge in [0.15, 0.2) is 17.3 Å². The SMILES string of the molecule is COc1cc([C@H]2C(C#N)=C(N)N(c3ncn[nH]3)C3=C2C(=O)CCC3)cc(OC)c1OC. The van der Waals surface area contributed by atoms with Gasteiger partial charge in [-0.05, 0) is 30.5 Å². The Morgan fingerprint density at radius 3 is 2.45 bits per heavy atom. The van der Waals surface area contributed by atoms with Crippen molar-refractivity contribution in [3.8, 4) is 23.3 Å². The molecule has 1 aliphatic heterocycles. The van der Waals surface area contributed by atoms with Crippen molar-refractivity contribution in [3.63, 3.8) is 0 Å². The van der Waals surface area contributed by atoms with Crippen LogP contribution in [0.5, 0.6) is 17.2 Å². The number of rotatable bonds is 5. The highest BCUT2D eigenvalue weighted by molar-refractivity contribution is 6.01. The van der Waals surface area contributed by atoms with E-state index in [0.717, 1.165) is 0 Å². The Morgan fingerprint density at radius 1 is 1.19 bits per heavy atom. The predicted octanol–water partition coefficient (Wildman–Crippen LogP) is 2.14. The Hall–Kier alpha value is -4.00. The van der Waals surface area contributed by atoms with Gasteiger partial charge in [0.1, 0.15) is 12.1 Å². The normalized spacial score (nSPS) is 18.6. The molecule has 0 unspecified atom stereocenters. The first-order chi connectivity index (χ1) is 15.0. The zero-order chi connectivity index (χ0) is 22.1. The van der Waals surface area contributed by atoms with Crippen molar-refractivity contribution >= 4 is 11.7 Å². The van der Waals surface area contributed by atoms with Gasteiger partial charge < -0.3 is 19.9 Å². The van der Waals surface area contributed by atoms with E-state index in [9.17, 15) is 10.1 Å². The number of methoxy groups -OCH3 is 3. The average Bonchev–Trinajstić information content (AvgIpc) is 3.31. The van der Waals surface area contributed by atoms with Crippen LogP contribution in [0.4, 0.5) is 5.95 Å². The largest absolute Gasteiger partial charge is 0.493 e. The molecule has 0 radical (unpaired) electrons. The zero-order valence-corrected chi connectivity index (χ0v) is 17.4. The maximum atomic E-state index is 13.1. The number of hydrogen-bond acceptors (Lipinski definition) is 9. The Bertz CT molecular complexity index is 1100. The number of aromatic amines is 1. The molecule has 0 saturated carbocycles. The molecule has 1 aromatic carbocycles. The van der Waals surface area contributed by atoms with Crippen LogP contribution in [0.25, 0.3) is 0 Å². The summed E-state index contributed by atoms with van der Waals surface area (Å²) >= 11 is 0. The van der Waals surface area contributed by atoms with E-state index in [1.54, 1.807) is 17.0 Å². The molecule has 2 heterocycles. The molecule has 10 heteroatoms. The van der Waals surface area contributed by atoms with Crippen molar-refractivity contribution in [3.05, 3.63) is 46.7 Å². The molecule has 0 saturated heterocycles. The van der Waals surface area contributed by atoms with Crippen molar-refractivity contribution < 1.29 is 19.0 Å². The molecule has 1 aromatic heterocycles. The van der Waals surface area contributed by atoms with E-state index in [1.807, 2.05) is 0 Å². The Balaban J connectivity index is 1.99. The van der Waals surface area contributed by atoms with Crippen LogP contribution < -0.4 is 24.8 Å². The van der Waals surface area contributed by atoms with E-state index in [0.29, 0.717) is 59.3 Å². The summed E-state index contributed by atoms with van der Waals surface area (Å²) in [5.74, 6) is 1.13. The first kappa shape index (κ1) is 20.3. The van der Waals surface area contributed by atoms with Crippen LogP contribution in [0.15, 0.2) is 41.1 Å². The Morgan fingerprint density at radius 2 is 1.90 bits per heavy atom. The van der Waals surface area contributed by atoms with Gasteiger partial charge in [0.2, 0.25) is 11.7 Å². The van der Waals surface area contributed by atoms with Crippen LogP contribution >= 0.6 is 0 Å². The van der Waals surface area contributed by atoms with Gasteiger partial charge >= 0.3 is 0 Å². The topological polar surface area (TPSA) is 139 Å². The number of carbonyl (C=O) groups is 1. The summed E-state index contributed by atoms with van der Waals surface area (Å²) in [7, 11) is 4.54. The third-order valence-electron chi connectivity index (χ3n) is 5.55. The quantitative estimate of drug-likeness (QED) is 0.741. The molecular weight excluding hydrogens is 400 g/mol. The minimum absolute atomic E-state index is 0.0373. The number of ketones is 1. The second kappa shape index (κ2) is 8.02. The fraction of sp³-hybridized carbons (Fsp3) is 0.333. The molecule has 160 valence electrons. The molecule has 0 bridgehead atoms. The lowest BCUT2D eigenvalue weighted by atomic mass is 9.75. The molecule has 2 aliphatic rings. The predicted molar refractivity (Wildman–Crippen MR) is 110 cm³/mol. The number of nitriles is 1. The lowest BCUT2D eigenvalue weighted by Crippen LogP contribution is -2.39. The first-order valence-corrected chi connectivity index (χ1v) is 9.67. The van der Waals surface area contributed by atoms with Gasteiger partial charge in [-0.15, -0.1) is 0 Å². The maximum absolute atomic E-state index is 13.1. The number of allylic oxidation sites excluding steroid dienone is 3. The molecule has 1 aliphatic carbocycles. The third kappa shape index (κ3) is 3.15. The molecule has 10 nitrogen and oxygen atoms in total. The van der Waals surface area contributed by atoms with Gasteiger partial charge in [0.25, 0.3) is 0 Å². The highest BCUT2D eigenvalue weighted by atomic mass is 16.5. The fourth-order valence-corrected chi connectivity index (χ4v) is 4.24. The number of anilines is 1. The summed E-state index contributed by atoms with van der Waals surface area (Å²) in [4.78, 5) is 18.9.